The summed E-state index contributed by atoms with van der Waals surface area (Å²) in [7, 11) is 3.18. The highest BCUT2D eigenvalue weighted by molar-refractivity contribution is 5.82. The van der Waals surface area contributed by atoms with E-state index in [1.54, 1.807) is 12.0 Å². The lowest BCUT2D eigenvalue weighted by molar-refractivity contribution is -0.141. The zero-order valence-corrected chi connectivity index (χ0v) is 11.3. The van der Waals surface area contributed by atoms with Crippen LogP contribution in [-0.4, -0.2) is 66.8 Å². The fraction of sp³-hybridized carbons (Fsp3) is 0.833. The van der Waals surface area contributed by atoms with Crippen LogP contribution in [0.15, 0.2) is 0 Å². The number of carbonyl (C=O) groups is 2. The topological polar surface area (TPSA) is 70.1 Å². The molecule has 2 unspecified atom stereocenters. The summed E-state index contributed by atoms with van der Waals surface area (Å²) in [5.74, 6) is -0.641. The van der Waals surface area contributed by atoms with Gasteiger partial charge in [0.1, 0.15) is 6.04 Å². The van der Waals surface area contributed by atoms with E-state index < -0.39 is 12.0 Å². The molecule has 1 aliphatic heterocycles. The molecule has 0 aromatic heterocycles. The first-order valence-electron chi connectivity index (χ1n) is 6.20. The van der Waals surface area contributed by atoms with Gasteiger partial charge in [-0.3, -0.25) is 0 Å². The normalized spacial score (nSPS) is 21.5. The Morgan fingerprint density at radius 2 is 2.22 bits per heavy atom. The summed E-state index contributed by atoms with van der Waals surface area (Å²) in [5.41, 5.74) is 0. The Labute approximate surface area is 107 Å². The summed E-state index contributed by atoms with van der Waals surface area (Å²) < 4.78 is 5.11. The molecule has 6 nitrogen and oxygen atoms in total. The number of hydrogen-bond donors (Lipinski definition) is 1. The van der Waals surface area contributed by atoms with Crippen LogP contribution in [0.4, 0.5) is 4.79 Å². The molecule has 0 aromatic rings. The number of amides is 2. The molecule has 6 heteroatoms. The lowest BCUT2D eigenvalue weighted by Crippen LogP contribution is -2.51. The molecule has 1 saturated heterocycles. The molecule has 18 heavy (non-hydrogen) atoms. The van der Waals surface area contributed by atoms with E-state index in [9.17, 15) is 9.59 Å². The van der Waals surface area contributed by atoms with Gasteiger partial charge in [0.2, 0.25) is 0 Å². The molecule has 1 heterocycles. The van der Waals surface area contributed by atoms with Gasteiger partial charge in [-0.05, 0) is 19.8 Å². The summed E-state index contributed by atoms with van der Waals surface area (Å²) in [4.78, 5) is 26.0. The largest absolute Gasteiger partial charge is 0.480 e. The Morgan fingerprint density at radius 1 is 1.56 bits per heavy atom. The number of hydrogen-bond acceptors (Lipinski definition) is 3. The van der Waals surface area contributed by atoms with E-state index in [1.807, 2.05) is 0 Å². The molecule has 0 aliphatic carbocycles. The van der Waals surface area contributed by atoms with Crippen LogP contribution in [-0.2, 0) is 9.53 Å². The monoisotopic (exact) mass is 258 g/mol. The third kappa shape index (κ3) is 3.60. The minimum Gasteiger partial charge on any atom is -0.480 e. The third-order valence-electron chi connectivity index (χ3n) is 3.43. The molecular formula is C12H22N2O4. The fourth-order valence-corrected chi connectivity index (χ4v) is 2.16. The molecule has 1 rings (SSSR count). The Morgan fingerprint density at radius 3 is 2.78 bits per heavy atom. The standard InChI is InChI=1S/C12H22N2O4/c1-9(11(15)16)13(2)12(17)14-6-4-5-10(7-14)8-18-3/h9-10H,4-8H2,1-3H3,(H,15,16). The predicted octanol–water partition coefficient (Wildman–Crippen LogP) is 0.870. The van der Waals surface area contributed by atoms with Crippen LogP contribution >= 0.6 is 0 Å². The number of piperidine rings is 1. The molecule has 2 atom stereocenters. The number of aliphatic carboxylic acids is 1. The summed E-state index contributed by atoms with van der Waals surface area (Å²) in [6.45, 7) is 3.48. The van der Waals surface area contributed by atoms with Gasteiger partial charge in [0.25, 0.3) is 0 Å². The molecule has 0 saturated carbocycles. The summed E-state index contributed by atoms with van der Waals surface area (Å²) >= 11 is 0. The minimum absolute atomic E-state index is 0.217. The number of rotatable bonds is 4. The highest BCUT2D eigenvalue weighted by Gasteiger charge is 2.29. The van der Waals surface area contributed by atoms with Crippen molar-refractivity contribution in [1.82, 2.24) is 9.80 Å². The second-order valence-electron chi connectivity index (χ2n) is 4.82. The number of methoxy groups -OCH3 is 1. The molecule has 0 radical (unpaired) electrons. The number of likely N-dealkylation sites (tertiary alicyclic amines) is 1. The highest BCUT2D eigenvalue weighted by Crippen LogP contribution is 2.18. The molecule has 1 aliphatic rings. The lowest BCUT2D eigenvalue weighted by atomic mass is 9.99. The maximum absolute atomic E-state index is 12.1. The fourth-order valence-electron chi connectivity index (χ4n) is 2.16. The van der Waals surface area contributed by atoms with Crippen LogP contribution in [0.3, 0.4) is 0 Å². The van der Waals surface area contributed by atoms with E-state index in [0.29, 0.717) is 25.6 Å². The van der Waals surface area contributed by atoms with Crippen molar-refractivity contribution in [2.24, 2.45) is 5.92 Å². The first-order valence-corrected chi connectivity index (χ1v) is 6.20. The van der Waals surface area contributed by atoms with Crippen molar-refractivity contribution < 1.29 is 19.4 Å². The average molecular weight is 258 g/mol. The van der Waals surface area contributed by atoms with Crippen LogP contribution in [0.5, 0.6) is 0 Å². The zero-order chi connectivity index (χ0) is 13.7. The first-order chi connectivity index (χ1) is 8.47. The number of likely N-dealkylation sites (N-methyl/N-ethyl adjacent to an activating group) is 1. The smallest absolute Gasteiger partial charge is 0.326 e. The Kier molecular flexibility index (Phi) is 5.40. The average Bonchev–Trinajstić information content (AvgIpc) is 2.36. The van der Waals surface area contributed by atoms with Crippen molar-refractivity contribution in [2.75, 3.05) is 33.9 Å². The second kappa shape index (κ2) is 6.58. The summed E-state index contributed by atoms with van der Waals surface area (Å²) in [6, 6.07) is -1.02. The van der Waals surface area contributed by atoms with Gasteiger partial charge < -0.3 is 19.6 Å². The minimum atomic E-state index is -0.990. The molecule has 1 N–H and O–H groups in total. The van der Waals surface area contributed by atoms with Gasteiger partial charge in [0.05, 0.1) is 6.61 Å². The number of urea groups is 1. The molecule has 104 valence electrons. The number of carbonyl (C=O) groups excluding carboxylic acids is 1. The van der Waals surface area contributed by atoms with Crippen LogP contribution in [0.1, 0.15) is 19.8 Å². The van der Waals surface area contributed by atoms with Crippen molar-refractivity contribution in [3.8, 4) is 0 Å². The lowest BCUT2D eigenvalue weighted by Gasteiger charge is -2.36. The molecule has 0 aromatic carbocycles. The number of carboxylic acids is 1. The molecule has 0 bridgehead atoms. The Balaban J connectivity index is 2.57. The highest BCUT2D eigenvalue weighted by atomic mass is 16.5. The Hall–Kier alpha value is -1.30. The van der Waals surface area contributed by atoms with Crippen molar-refractivity contribution in [3.63, 3.8) is 0 Å². The van der Waals surface area contributed by atoms with Gasteiger partial charge in [-0.25, -0.2) is 9.59 Å². The van der Waals surface area contributed by atoms with Gasteiger partial charge in [-0.1, -0.05) is 0 Å². The van der Waals surface area contributed by atoms with Gasteiger partial charge in [0.15, 0.2) is 0 Å². The van der Waals surface area contributed by atoms with Gasteiger partial charge in [0, 0.05) is 33.2 Å². The van der Waals surface area contributed by atoms with Crippen LogP contribution < -0.4 is 0 Å². The quantitative estimate of drug-likeness (QED) is 0.812. The number of ether oxygens (including phenoxy) is 1. The zero-order valence-electron chi connectivity index (χ0n) is 11.3. The van der Waals surface area contributed by atoms with Crippen molar-refractivity contribution in [2.45, 2.75) is 25.8 Å². The summed E-state index contributed by atoms with van der Waals surface area (Å²) in [6.07, 6.45) is 1.99. The molecule has 0 spiro atoms. The van der Waals surface area contributed by atoms with E-state index in [-0.39, 0.29) is 6.03 Å². The van der Waals surface area contributed by atoms with Crippen molar-refractivity contribution in [3.05, 3.63) is 0 Å². The van der Waals surface area contributed by atoms with Gasteiger partial charge >= 0.3 is 12.0 Å². The second-order valence-corrected chi connectivity index (χ2v) is 4.82. The SMILES string of the molecule is COCC1CCCN(C(=O)N(C)C(C)C(=O)O)C1. The van der Waals surface area contributed by atoms with Crippen LogP contribution in [0, 0.1) is 5.92 Å². The number of carboxylic acid groups (broad SMARTS) is 1. The van der Waals surface area contributed by atoms with Crippen molar-refractivity contribution in [1.29, 1.82) is 0 Å². The molecular weight excluding hydrogens is 236 g/mol. The number of nitrogens with zero attached hydrogens (tertiary/aromatic N) is 2. The van der Waals surface area contributed by atoms with E-state index in [2.05, 4.69) is 0 Å². The van der Waals surface area contributed by atoms with E-state index >= 15 is 0 Å². The van der Waals surface area contributed by atoms with E-state index in [4.69, 9.17) is 9.84 Å². The first kappa shape index (κ1) is 14.8. The molecule has 1 fully saturated rings. The van der Waals surface area contributed by atoms with Gasteiger partial charge in [-0.15, -0.1) is 0 Å². The van der Waals surface area contributed by atoms with Crippen molar-refractivity contribution >= 4 is 12.0 Å². The predicted molar refractivity (Wildman–Crippen MR) is 66.4 cm³/mol. The van der Waals surface area contributed by atoms with E-state index in [0.717, 1.165) is 12.8 Å². The maximum Gasteiger partial charge on any atom is 0.326 e. The molecule has 2 amide bonds. The van der Waals surface area contributed by atoms with Crippen LogP contribution in [0.25, 0.3) is 0 Å². The van der Waals surface area contributed by atoms with Crippen LogP contribution in [0.2, 0.25) is 0 Å². The summed E-state index contributed by atoms with van der Waals surface area (Å²) in [5, 5.41) is 8.90. The van der Waals surface area contributed by atoms with Gasteiger partial charge in [-0.2, -0.15) is 0 Å². The maximum atomic E-state index is 12.1. The third-order valence-corrected chi connectivity index (χ3v) is 3.43. The Bertz CT molecular complexity index is 306. The van der Waals surface area contributed by atoms with E-state index in [1.165, 1.54) is 18.9 Å².